The van der Waals surface area contributed by atoms with Gasteiger partial charge < -0.3 is 5.11 Å². The average Bonchev–Trinajstić information content (AvgIpc) is 1.87. The van der Waals surface area contributed by atoms with E-state index >= 15 is 0 Å². The summed E-state index contributed by atoms with van der Waals surface area (Å²) in [5.74, 6) is 0. The molecule has 1 rings (SSSR count). The molecule has 0 fully saturated rings. The molecule has 0 saturated carbocycles. The Morgan fingerprint density at radius 2 is 2.71 bits per heavy atom. The van der Waals surface area contributed by atoms with Gasteiger partial charge in [-0.2, -0.15) is 5.10 Å². The summed E-state index contributed by atoms with van der Waals surface area (Å²) < 4.78 is 0. The minimum absolute atomic E-state index is 0.343. The standard InChI is InChI=1S/C4H8N2O/c1-6-3-4(7)2-5-6/h2,4,7H,3H2,1H3. The molecular weight excluding hydrogens is 92.1 g/mol. The highest BCUT2D eigenvalue weighted by Gasteiger charge is 2.08. The molecule has 0 bridgehead atoms. The molecule has 0 aliphatic carbocycles. The third kappa shape index (κ3) is 0.899. The number of hydrogen-bond donors (Lipinski definition) is 1. The number of nitrogens with zero attached hydrogens (tertiary/aromatic N) is 2. The Hall–Kier alpha value is -0.570. The summed E-state index contributed by atoms with van der Waals surface area (Å²) in [5, 5.41) is 14.2. The molecule has 1 unspecified atom stereocenters. The number of hydrazone groups is 1. The lowest BCUT2D eigenvalue weighted by atomic mass is 10.4. The summed E-state index contributed by atoms with van der Waals surface area (Å²) >= 11 is 0. The predicted octanol–water partition coefficient (Wildman–Crippen LogP) is -0.722. The Kier molecular flexibility index (Phi) is 0.982. The van der Waals surface area contributed by atoms with E-state index in [2.05, 4.69) is 5.10 Å². The maximum atomic E-state index is 8.71. The number of aliphatic hydroxyl groups is 1. The number of aliphatic hydroxyl groups excluding tert-OH is 1. The summed E-state index contributed by atoms with van der Waals surface area (Å²) in [5.41, 5.74) is 0. The van der Waals surface area contributed by atoms with Crippen molar-refractivity contribution in [1.82, 2.24) is 5.01 Å². The Bertz CT molecular complexity index is 81.7. The largest absolute Gasteiger partial charge is 0.385 e. The molecule has 3 nitrogen and oxygen atoms in total. The average molecular weight is 100 g/mol. The van der Waals surface area contributed by atoms with Crippen molar-refractivity contribution in [3.63, 3.8) is 0 Å². The van der Waals surface area contributed by atoms with Gasteiger partial charge in [0.1, 0.15) is 6.10 Å². The van der Waals surface area contributed by atoms with E-state index in [-0.39, 0.29) is 6.10 Å². The maximum Gasteiger partial charge on any atom is 0.110 e. The van der Waals surface area contributed by atoms with Gasteiger partial charge in [0.25, 0.3) is 0 Å². The van der Waals surface area contributed by atoms with Gasteiger partial charge in [-0.05, 0) is 0 Å². The molecule has 0 aromatic carbocycles. The Labute approximate surface area is 42.2 Å². The molecule has 1 atom stereocenters. The van der Waals surface area contributed by atoms with Crippen molar-refractivity contribution in [3.05, 3.63) is 0 Å². The second-order valence-corrected chi connectivity index (χ2v) is 1.67. The second kappa shape index (κ2) is 1.50. The van der Waals surface area contributed by atoms with E-state index in [1.807, 2.05) is 7.05 Å². The monoisotopic (exact) mass is 100 g/mol. The van der Waals surface area contributed by atoms with Crippen molar-refractivity contribution in [3.8, 4) is 0 Å². The van der Waals surface area contributed by atoms with E-state index in [9.17, 15) is 0 Å². The fraction of sp³-hybridized carbons (Fsp3) is 0.750. The number of hydrogen-bond acceptors (Lipinski definition) is 3. The molecule has 1 heterocycles. The van der Waals surface area contributed by atoms with Crippen LogP contribution in [-0.4, -0.2) is 36.0 Å². The molecule has 0 spiro atoms. The van der Waals surface area contributed by atoms with Crippen LogP contribution in [0.5, 0.6) is 0 Å². The highest BCUT2D eigenvalue weighted by molar-refractivity contribution is 5.64. The van der Waals surface area contributed by atoms with Gasteiger partial charge in [-0.25, -0.2) is 0 Å². The fourth-order valence-corrected chi connectivity index (χ4v) is 0.556. The van der Waals surface area contributed by atoms with Gasteiger partial charge in [0.05, 0.1) is 12.8 Å². The van der Waals surface area contributed by atoms with E-state index in [4.69, 9.17) is 5.11 Å². The van der Waals surface area contributed by atoms with E-state index in [1.54, 1.807) is 5.01 Å². The summed E-state index contributed by atoms with van der Waals surface area (Å²) in [4.78, 5) is 0. The molecule has 40 valence electrons. The van der Waals surface area contributed by atoms with E-state index in [1.165, 1.54) is 6.21 Å². The molecule has 0 aromatic rings. The lowest BCUT2D eigenvalue weighted by Gasteiger charge is -2.03. The molecule has 0 amide bonds. The fourth-order valence-electron chi connectivity index (χ4n) is 0.556. The van der Waals surface area contributed by atoms with Gasteiger partial charge in [-0.15, -0.1) is 0 Å². The van der Waals surface area contributed by atoms with Crippen LogP contribution in [0, 0.1) is 0 Å². The van der Waals surface area contributed by atoms with Crippen molar-refractivity contribution in [1.29, 1.82) is 0 Å². The van der Waals surface area contributed by atoms with Crippen LogP contribution in [0.2, 0.25) is 0 Å². The number of likely N-dealkylation sites (N-methyl/N-ethyl adjacent to an activating group) is 1. The molecule has 0 radical (unpaired) electrons. The summed E-state index contributed by atoms with van der Waals surface area (Å²) in [6, 6.07) is 0. The Morgan fingerprint density at radius 3 is 2.86 bits per heavy atom. The van der Waals surface area contributed by atoms with Crippen molar-refractivity contribution < 1.29 is 5.11 Å². The minimum atomic E-state index is -0.343. The topological polar surface area (TPSA) is 35.8 Å². The zero-order valence-corrected chi connectivity index (χ0v) is 4.20. The van der Waals surface area contributed by atoms with Crippen LogP contribution in [0.15, 0.2) is 5.10 Å². The molecule has 0 aromatic heterocycles. The smallest absolute Gasteiger partial charge is 0.110 e. The van der Waals surface area contributed by atoms with Crippen LogP contribution < -0.4 is 0 Å². The van der Waals surface area contributed by atoms with Gasteiger partial charge in [0.2, 0.25) is 0 Å². The first-order valence-electron chi connectivity index (χ1n) is 2.22. The first-order chi connectivity index (χ1) is 3.29. The second-order valence-electron chi connectivity index (χ2n) is 1.67. The third-order valence-electron chi connectivity index (χ3n) is 0.887. The van der Waals surface area contributed by atoms with E-state index < -0.39 is 0 Å². The highest BCUT2D eigenvalue weighted by Crippen LogP contribution is 1.94. The first kappa shape index (κ1) is 4.59. The number of rotatable bonds is 0. The lowest BCUT2D eigenvalue weighted by molar-refractivity contribution is 0.210. The zero-order valence-electron chi connectivity index (χ0n) is 4.20. The van der Waals surface area contributed by atoms with Crippen LogP contribution in [-0.2, 0) is 0 Å². The molecule has 7 heavy (non-hydrogen) atoms. The van der Waals surface area contributed by atoms with E-state index in [0.29, 0.717) is 6.54 Å². The van der Waals surface area contributed by atoms with Crippen LogP contribution in [0.3, 0.4) is 0 Å². The van der Waals surface area contributed by atoms with Gasteiger partial charge in [0, 0.05) is 7.05 Å². The molecular formula is C4H8N2O. The van der Waals surface area contributed by atoms with Gasteiger partial charge >= 0.3 is 0 Å². The normalized spacial score (nSPS) is 29.4. The van der Waals surface area contributed by atoms with Crippen molar-refractivity contribution in [2.75, 3.05) is 13.6 Å². The maximum absolute atomic E-state index is 8.71. The van der Waals surface area contributed by atoms with E-state index in [0.717, 1.165) is 0 Å². The highest BCUT2D eigenvalue weighted by atomic mass is 16.3. The molecule has 1 N–H and O–H groups in total. The van der Waals surface area contributed by atoms with Crippen LogP contribution in [0.25, 0.3) is 0 Å². The number of β-amino-alcohol motifs (C(OH)–C–C–N with tert-alkyl or cyclic N) is 1. The molecule has 1 aliphatic heterocycles. The van der Waals surface area contributed by atoms with Crippen LogP contribution in [0.1, 0.15) is 0 Å². The van der Waals surface area contributed by atoms with Crippen molar-refractivity contribution in [2.24, 2.45) is 5.10 Å². The summed E-state index contributed by atoms with van der Waals surface area (Å²) in [6.45, 7) is 0.639. The van der Waals surface area contributed by atoms with Crippen molar-refractivity contribution in [2.45, 2.75) is 6.10 Å². The summed E-state index contributed by atoms with van der Waals surface area (Å²) in [6.07, 6.45) is 1.19. The quantitative estimate of drug-likeness (QED) is 0.436. The minimum Gasteiger partial charge on any atom is -0.385 e. The van der Waals surface area contributed by atoms with Gasteiger partial charge in [-0.1, -0.05) is 0 Å². The van der Waals surface area contributed by atoms with Crippen LogP contribution in [0.4, 0.5) is 0 Å². The first-order valence-corrected chi connectivity index (χ1v) is 2.22. The van der Waals surface area contributed by atoms with Crippen molar-refractivity contribution >= 4 is 6.21 Å². The third-order valence-corrected chi connectivity index (χ3v) is 0.887. The lowest BCUT2D eigenvalue weighted by Crippen LogP contribution is -2.16. The Morgan fingerprint density at radius 1 is 2.00 bits per heavy atom. The van der Waals surface area contributed by atoms with Crippen LogP contribution >= 0.6 is 0 Å². The predicted molar refractivity (Wildman–Crippen MR) is 27.1 cm³/mol. The molecule has 0 saturated heterocycles. The molecule has 1 aliphatic rings. The zero-order chi connectivity index (χ0) is 5.28. The Balaban J connectivity index is 2.42. The molecule has 3 heteroatoms. The summed E-state index contributed by atoms with van der Waals surface area (Å²) in [7, 11) is 1.83. The SMILES string of the molecule is CN1CC(O)C=N1. The van der Waals surface area contributed by atoms with Gasteiger partial charge in [0.15, 0.2) is 0 Å². The van der Waals surface area contributed by atoms with Gasteiger partial charge in [-0.3, -0.25) is 5.01 Å².